The van der Waals surface area contributed by atoms with E-state index < -0.39 is 0 Å². The number of amidine groups is 2. The molecule has 0 atom stereocenters. The molecule has 0 heterocycles. The molecule has 6 rings (SSSR count). The van der Waals surface area contributed by atoms with Gasteiger partial charge in [-0.1, -0.05) is 121 Å². The lowest BCUT2D eigenvalue weighted by molar-refractivity contribution is 0.416. The van der Waals surface area contributed by atoms with Gasteiger partial charge in [0.2, 0.25) is 11.7 Å². The van der Waals surface area contributed by atoms with Gasteiger partial charge < -0.3 is 9.84 Å². The number of ether oxygens (including phenoxy) is 1. The second kappa shape index (κ2) is 18.3. The van der Waals surface area contributed by atoms with Crippen LogP contribution in [0.2, 0.25) is 0 Å². The molecule has 0 spiro atoms. The third-order valence-corrected chi connectivity index (χ3v) is 6.67. The van der Waals surface area contributed by atoms with Crippen LogP contribution in [0.3, 0.4) is 0 Å². The molecule has 10 heteroatoms. The van der Waals surface area contributed by atoms with Crippen LogP contribution in [0.1, 0.15) is 11.1 Å². The predicted molar refractivity (Wildman–Crippen MR) is 196 cm³/mol. The number of anilines is 2. The van der Waals surface area contributed by atoms with Crippen LogP contribution in [-0.2, 0) is 0 Å². The maximum atomic E-state index is 9.82. The Morgan fingerprint density at radius 3 is 1.33 bits per heavy atom. The highest BCUT2D eigenvalue weighted by atomic mass is 16.5. The van der Waals surface area contributed by atoms with Gasteiger partial charge >= 0.3 is 0 Å². The molecule has 242 valence electrons. The van der Waals surface area contributed by atoms with E-state index in [2.05, 4.69) is 41.5 Å². The normalized spacial score (nSPS) is 11.5. The number of azo groups is 2. The van der Waals surface area contributed by atoms with E-state index in [0.717, 1.165) is 28.2 Å². The topological polar surface area (TPSA) is 128 Å². The summed E-state index contributed by atoms with van der Waals surface area (Å²) in [5, 5.41) is 35.5. The monoisotopic (exact) mass is 646 g/mol. The van der Waals surface area contributed by atoms with Crippen molar-refractivity contribution in [3.05, 3.63) is 181 Å². The number of hydrogen-bond acceptors (Lipinski definition) is 8. The summed E-state index contributed by atoms with van der Waals surface area (Å²) in [4.78, 5) is 0. The number of rotatable bonds is 9. The molecule has 0 bridgehead atoms. The first kappa shape index (κ1) is 33.4. The average Bonchev–Trinajstić information content (AvgIpc) is 3.17. The quantitative estimate of drug-likeness (QED) is 0.0475. The van der Waals surface area contributed by atoms with E-state index in [1.807, 2.05) is 152 Å². The molecule has 10 nitrogen and oxygen atoms in total. The third kappa shape index (κ3) is 10.5. The summed E-state index contributed by atoms with van der Waals surface area (Å²) in [6, 6.07) is 52.7. The van der Waals surface area contributed by atoms with Crippen molar-refractivity contribution in [2.45, 2.75) is 0 Å². The molecular formula is C39H34N8O2. The lowest BCUT2D eigenvalue weighted by atomic mass is 10.2. The lowest BCUT2D eigenvalue weighted by Gasteiger charge is -2.07. The zero-order valence-corrected chi connectivity index (χ0v) is 26.7. The molecule has 0 aliphatic heterocycles. The summed E-state index contributed by atoms with van der Waals surface area (Å²) in [7, 11) is 1.62. The van der Waals surface area contributed by atoms with Crippen LogP contribution in [0, 0.1) is 0 Å². The number of aromatic hydroxyl groups is 1. The van der Waals surface area contributed by atoms with Crippen molar-refractivity contribution in [3.63, 3.8) is 0 Å². The van der Waals surface area contributed by atoms with Crippen molar-refractivity contribution in [1.29, 1.82) is 0 Å². The van der Waals surface area contributed by atoms with Gasteiger partial charge in [0, 0.05) is 11.1 Å². The van der Waals surface area contributed by atoms with E-state index in [9.17, 15) is 5.11 Å². The number of hydrazone groups is 2. The van der Waals surface area contributed by atoms with Crippen molar-refractivity contribution in [3.8, 4) is 11.5 Å². The second-order valence-corrected chi connectivity index (χ2v) is 10.1. The van der Waals surface area contributed by atoms with E-state index >= 15 is 0 Å². The summed E-state index contributed by atoms with van der Waals surface area (Å²) < 4.78 is 5.33. The molecule has 3 N–H and O–H groups in total. The van der Waals surface area contributed by atoms with Gasteiger partial charge in [-0.2, -0.15) is 10.2 Å². The molecule has 6 aromatic rings. The van der Waals surface area contributed by atoms with E-state index in [1.54, 1.807) is 25.3 Å². The lowest BCUT2D eigenvalue weighted by Crippen LogP contribution is -2.02. The number of nitrogens with one attached hydrogen (secondary N) is 2. The number of nitrogens with zero attached hydrogens (tertiary/aromatic N) is 6. The number of phenols is 1. The third-order valence-electron chi connectivity index (χ3n) is 6.67. The van der Waals surface area contributed by atoms with Crippen LogP contribution in [-0.4, -0.2) is 23.9 Å². The second-order valence-electron chi connectivity index (χ2n) is 10.1. The van der Waals surface area contributed by atoms with Gasteiger partial charge in [0.25, 0.3) is 0 Å². The number of methoxy groups -OCH3 is 1. The Morgan fingerprint density at radius 1 is 0.469 bits per heavy atom. The van der Waals surface area contributed by atoms with Gasteiger partial charge in [-0.15, -0.1) is 20.5 Å². The molecule has 0 radical (unpaired) electrons. The minimum absolute atomic E-state index is 0.119. The first-order chi connectivity index (χ1) is 24.2. The Bertz CT molecular complexity index is 2000. The summed E-state index contributed by atoms with van der Waals surface area (Å²) in [5.74, 6) is 1.73. The van der Waals surface area contributed by atoms with E-state index in [4.69, 9.17) is 4.74 Å². The predicted octanol–water partition coefficient (Wildman–Crippen LogP) is 10.2. The Morgan fingerprint density at radius 2 is 0.857 bits per heavy atom. The summed E-state index contributed by atoms with van der Waals surface area (Å²) in [6.45, 7) is 0. The number of phenolic OH excluding ortho intramolecular Hbond substituents is 1. The summed E-state index contributed by atoms with van der Waals surface area (Å²) >= 11 is 0. The molecule has 0 aromatic heterocycles. The maximum Gasteiger partial charge on any atom is 0.201 e. The number of hydrogen-bond donors (Lipinski definition) is 3. The fraction of sp³-hybridized carbons (Fsp3) is 0.0256. The van der Waals surface area contributed by atoms with Crippen LogP contribution in [0.25, 0.3) is 0 Å². The highest BCUT2D eigenvalue weighted by Gasteiger charge is 2.06. The molecule has 0 saturated heterocycles. The van der Waals surface area contributed by atoms with E-state index in [1.165, 1.54) is 0 Å². The Kier molecular flexibility index (Phi) is 12.5. The van der Waals surface area contributed by atoms with Crippen LogP contribution < -0.4 is 15.6 Å². The van der Waals surface area contributed by atoms with Gasteiger partial charge in [-0.05, 0) is 48.5 Å². The molecule has 0 aliphatic carbocycles. The summed E-state index contributed by atoms with van der Waals surface area (Å²) in [5.41, 5.74) is 10.3. The Hall–Kier alpha value is -6.94. The first-order valence-electron chi connectivity index (χ1n) is 15.3. The van der Waals surface area contributed by atoms with Crippen LogP contribution in [0.4, 0.5) is 22.7 Å². The van der Waals surface area contributed by atoms with Crippen molar-refractivity contribution in [2.24, 2.45) is 30.7 Å². The van der Waals surface area contributed by atoms with Gasteiger partial charge in [0.15, 0.2) is 0 Å². The van der Waals surface area contributed by atoms with Crippen molar-refractivity contribution in [1.82, 2.24) is 0 Å². The molecule has 0 fully saturated rings. The first-order valence-corrected chi connectivity index (χ1v) is 15.3. The molecular weight excluding hydrogens is 612 g/mol. The zero-order valence-electron chi connectivity index (χ0n) is 26.7. The van der Waals surface area contributed by atoms with E-state index in [0.29, 0.717) is 23.1 Å². The van der Waals surface area contributed by atoms with Crippen molar-refractivity contribution < 1.29 is 9.84 Å². The van der Waals surface area contributed by atoms with Crippen LogP contribution in [0.15, 0.2) is 201 Å². The zero-order chi connectivity index (χ0) is 33.9. The van der Waals surface area contributed by atoms with E-state index in [-0.39, 0.29) is 5.75 Å². The highest BCUT2D eigenvalue weighted by Crippen LogP contribution is 2.24. The fourth-order valence-corrected chi connectivity index (χ4v) is 4.19. The standard InChI is InChI=1S/C20H18N4O.C19H16N4O/c1-25-19-15-9-8-14-18(19)22-24-20(16-10-4-2-5-11-16)23-21-17-12-6-3-7-13-17;24-18-14-8-7-13-17(18)21-23-19(15-9-3-1-4-10-15)22-20-16-11-5-2-6-12-16/h2-15,22H,1H3;1-14,21,24H/b23-21+,24-20+;22-20+,23-19+. The molecule has 6 aromatic carbocycles. The molecule has 0 amide bonds. The molecule has 0 aliphatic rings. The number of benzene rings is 6. The van der Waals surface area contributed by atoms with Crippen molar-refractivity contribution >= 4 is 34.4 Å². The Balaban J connectivity index is 0.000000191. The van der Waals surface area contributed by atoms with Crippen LogP contribution in [0.5, 0.6) is 11.5 Å². The summed E-state index contributed by atoms with van der Waals surface area (Å²) in [6.07, 6.45) is 0. The minimum atomic E-state index is 0.119. The highest BCUT2D eigenvalue weighted by molar-refractivity contribution is 6.00. The maximum absolute atomic E-state index is 9.82. The number of para-hydroxylation sites is 4. The largest absolute Gasteiger partial charge is 0.506 e. The Labute approximate surface area is 284 Å². The fourth-order valence-electron chi connectivity index (χ4n) is 4.19. The molecule has 0 unspecified atom stereocenters. The average molecular weight is 647 g/mol. The minimum Gasteiger partial charge on any atom is -0.506 e. The van der Waals surface area contributed by atoms with Gasteiger partial charge in [-0.25, -0.2) is 0 Å². The van der Waals surface area contributed by atoms with Crippen molar-refractivity contribution in [2.75, 3.05) is 18.0 Å². The smallest absolute Gasteiger partial charge is 0.201 e. The van der Waals surface area contributed by atoms with Gasteiger partial charge in [0.1, 0.15) is 11.5 Å². The van der Waals surface area contributed by atoms with Gasteiger partial charge in [-0.3, -0.25) is 10.9 Å². The molecule has 49 heavy (non-hydrogen) atoms. The van der Waals surface area contributed by atoms with Gasteiger partial charge in [0.05, 0.1) is 29.9 Å². The SMILES string of the molecule is COc1ccccc1N/N=C(/N=N/c1ccccc1)c1ccccc1.Oc1ccccc1N/N=C(/N=N/c1ccccc1)c1ccccc1. The van der Waals surface area contributed by atoms with Crippen LogP contribution >= 0.6 is 0 Å². The molecule has 0 saturated carbocycles.